The van der Waals surface area contributed by atoms with Gasteiger partial charge in [-0.2, -0.15) is 0 Å². The fourth-order valence-corrected chi connectivity index (χ4v) is 2.30. The van der Waals surface area contributed by atoms with E-state index in [1.165, 1.54) is 7.11 Å². The molecule has 0 saturated heterocycles. The molecule has 0 bridgehead atoms. The number of methoxy groups -OCH3 is 1. The molecule has 0 radical (unpaired) electrons. The Hall–Kier alpha value is -2.43. The molecule has 2 atom stereocenters. The lowest BCUT2D eigenvalue weighted by Crippen LogP contribution is -2.45. The van der Waals surface area contributed by atoms with Crippen molar-refractivity contribution in [1.29, 1.82) is 0 Å². The predicted octanol–water partition coefficient (Wildman–Crippen LogP) is 2.55. The van der Waals surface area contributed by atoms with Crippen LogP contribution < -0.4 is 5.32 Å². The first-order valence-electron chi connectivity index (χ1n) is 7.31. The largest absolute Gasteiger partial charge is 0.467 e. The lowest BCUT2D eigenvalue weighted by atomic mass is 9.98. The van der Waals surface area contributed by atoms with E-state index in [1.54, 1.807) is 18.3 Å². The second-order valence-electron chi connectivity index (χ2n) is 5.24. The molecule has 0 saturated carbocycles. The number of amides is 1. The van der Waals surface area contributed by atoms with Crippen LogP contribution in [0.25, 0.3) is 10.9 Å². The van der Waals surface area contributed by atoms with Crippen LogP contribution in [0.5, 0.6) is 0 Å². The first kappa shape index (κ1) is 15.9. The van der Waals surface area contributed by atoms with Crippen LogP contribution in [-0.4, -0.2) is 30.0 Å². The summed E-state index contributed by atoms with van der Waals surface area (Å²) in [7, 11) is 1.32. The van der Waals surface area contributed by atoms with E-state index in [0.717, 1.165) is 11.8 Å². The van der Waals surface area contributed by atoms with E-state index in [0.29, 0.717) is 11.1 Å². The molecule has 2 aromatic rings. The second kappa shape index (κ2) is 7.02. The minimum Gasteiger partial charge on any atom is -0.467 e. The molecule has 0 unspecified atom stereocenters. The number of aromatic nitrogens is 1. The van der Waals surface area contributed by atoms with Gasteiger partial charge in [0.2, 0.25) is 0 Å². The zero-order valence-electron chi connectivity index (χ0n) is 13.0. The minimum atomic E-state index is -0.665. The van der Waals surface area contributed by atoms with Crippen LogP contribution in [0.4, 0.5) is 0 Å². The van der Waals surface area contributed by atoms with Crippen LogP contribution >= 0.6 is 0 Å². The van der Waals surface area contributed by atoms with Gasteiger partial charge >= 0.3 is 5.97 Å². The molecule has 116 valence electrons. The number of carbonyl (C=O) groups excluding carboxylic acids is 2. The summed E-state index contributed by atoms with van der Waals surface area (Å²) >= 11 is 0. The Morgan fingerprint density at radius 3 is 2.68 bits per heavy atom. The smallest absolute Gasteiger partial charge is 0.328 e. The zero-order valence-corrected chi connectivity index (χ0v) is 13.0. The van der Waals surface area contributed by atoms with E-state index in [4.69, 9.17) is 4.74 Å². The quantitative estimate of drug-likeness (QED) is 0.862. The number of pyridine rings is 1. The summed E-state index contributed by atoms with van der Waals surface area (Å²) in [5, 5.41) is 3.66. The molecule has 0 aliphatic rings. The SMILES string of the molecule is CC[C@@H](C)[C@@H](NC(=O)c1cccc2cccnc12)C(=O)OC. The van der Waals surface area contributed by atoms with Gasteiger partial charge < -0.3 is 10.1 Å². The van der Waals surface area contributed by atoms with Gasteiger partial charge in [-0.25, -0.2) is 4.79 Å². The molecule has 5 heteroatoms. The summed E-state index contributed by atoms with van der Waals surface area (Å²) in [6, 6.07) is 8.45. The number of fused-ring (bicyclic) bond motifs is 1. The van der Waals surface area contributed by atoms with Crippen molar-refractivity contribution in [3.63, 3.8) is 0 Å². The topological polar surface area (TPSA) is 68.3 Å². The normalized spacial score (nSPS) is 13.4. The highest BCUT2D eigenvalue weighted by molar-refractivity contribution is 6.06. The summed E-state index contributed by atoms with van der Waals surface area (Å²) in [4.78, 5) is 28.7. The number of esters is 1. The molecular weight excluding hydrogens is 280 g/mol. The van der Waals surface area contributed by atoms with Crippen molar-refractivity contribution < 1.29 is 14.3 Å². The van der Waals surface area contributed by atoms with Crippen LogP contribution in [0.2, 0.25) is 0 Å². The van der Waals surface area contributed by atoms with Crippen LogP contribution in [0.15, 0.2) is 36.5 Å². The summed E-state index contributed by atoms with van der Waals surface area (Å²) < 4.78 is 4.79. The predicted molar refractivity (Wildman–Crippen MR) is 84.5 cm³/mol. The first-order chi connectivity index (χ1) is 10.6. The highest BCUT2D eigenvalue weighted by Crippen LogP contribution is 2.17. The Morgan fingerprint density at radius 2 is 2.00 bits per heavy atom. The van der Waals surface area contributed by atoms with Gasteiger partial charge in [-0.3, -0.25) is 9.78 Å². The maximum Gasteiger partial charge on any atom is 0.328 e. The molecule has 1 heterocycles. The minimum absolute atomic E-state index is 0.0145. The van der Waals surface area contributed by atoms with Gasteiger partial charge in [0.05, 0.1) is 18.2 Å². The van der Waals surface area contributed by atoms with Crippen molar-refractivity contribution in [3.8, 4) is 0 Å². The zero-order chi connectivity index (χ0) is 16.1. The van der Waals surface area contributed by atoms with Crippen molar-refractivity contribution in [2.24, 2.45) is 5.92 Å². The van der Waals surface area contributed by atoms with Crippen LogP contribution in [0.1, 0.15) is 30.6 Å². The maximum absolute atomic E-state index is 12.6. The van der Waals surface area contributed by atoms with Gasteiger partial charge in [-0.15, -0.1) is 0 Å². The number of para-hydroxylation sites is 1. The molecule has 0 aliphatic carbocycles. The monoisotopic (exact) mass is 300 g/mol. The fraction of sp³-hybridized carbons (Fsp3) is 0.353. The molecule has 1 aromatic heterocycles. The van der Waals surface area contributed by atoms with Crippen molar-refractivity contribution in [1.82, 2.24) is 10.3 Å². The van der Waals surface area contributed by atoms with E-state index in [1.807, 2.05) is 32.0 Å². The number of hydrogen-bond acceptors (Lipinski definition) is 4. The maximum atomic E-state index is 12.6. The number of hydrogen-bond donors (Lipinski definition) is 1. The number of benzene rings is 1. The standard InChI is InChI=1S/C17H20N2O3/c1-4-11(2)14(17(21)22-3)19-16(20)13-9-5-7-12-8-6-10-18-15(12)13/h5-11,14H,4H2,1-3H3,(H,19,20)/t11-,14-/m1/s1. The summed E-state index contributed by atoms with van der Waals surface area (Å²) in [6.07, 6.45) is 2.40. The molecule has 2 rings (SSSR count). The van der Waals surface area contributed by atoms with Crippen molar-refractivity contribution in [2.45, 2.75) is 26.3 Å². The molecular formula is C17H20N2O3. The Kier molecular flexibility index (Phi) is 5.09. The number of carbonyl (C=O) groups is 2. The Labute approximate surface area is 129 Å². The van der Waals surface area contributed by atoms with E-state index in [2.05, 4.69) is 10.3 Å². The molecule has 0 aliphatic heterocycles. The first-order valence-corrected chi connectivity index (χ1v) is 7.31. The lowest BCUT2D eigenvalue weighted by molar-refractivity contribution is -0.144. The van der Waals surface area contributed by atoms with Crippen LogP contribution in [0.3, 0.4) is 0 Å². The van der Waals surface area contributed by atoms with Gasteiger partial charge in [0, 0.05) is 11.6 Å². The van der Waals surface area contributed by atoms with E-state index >= 15 is 0 Å². The fourth-order valence-electron chi connectivity index (χ4n) is 2.30. The lowest BCUT2D eigenvalue weighted by Gasteiger charge is -2.22. The van der Waals surface area contributed by atoms with E-state index in [-0.39, 0.29) is 11.8 Å². The Morgan fingerprint density at radius 1 is 1.27 bits per heavy atom. The van der Waals surface area contributed by atoms with Crippen molar-refractivity contribution >= 4 is 22.8 Å². The van der Waals surface area contributed by atoms with Gasteiger partial charge in [0.1, 0.15) is 6.04 Å². The number of nitrogens with zero attached hydrogens (tertiary/aromatic N) is 1. The highest BCUT2D eigenvalue weighted by atomic mass is 16.5. The summed E-state index contributed by atoms with van der Waals surface area (Å²) in [5.41, 5.74) is 1.07. The van der Waals surface area contributed by atoms with Gasteiger partial charge in [0.15, 0.2) is 0 Å². The summed E-state index contributed by atoms with van der Waals surface area (Å²) in [6.45, 7) is 3.87. The molecule has 22 heavy (non-hydrogen) atoms. The van der Waals surface area contributed by atoms with Gasteiger partial charge in [-0.1, -0.05) is 38.5 Å². The number of nitrogens with one attached hydrogen (secondary N) is 1. The molecule has 0 spiro atoms. The highest BCUT2D eigenvalue weighted by Gasteiger charge is 2.27. The summed E-state index contributed by atoms with van der Waals surface area (Å²) in [5.74, 6) is -0.768. The van der Waals surface area contributed by atoms with Crippen LogP contribution in [-0.2, 0) is 9.53 Å². The third-order valence-electron chi connectivity index (χ3n) is 3.83. The molecule has 1 amide bonds. The van der Waals surface area contributed by atoms with Crippen LogP contribution in [0, 0.1) is 5.92 Å². The molecule has 0 fully saturated rings. The Bertz CT molecular complexity index is 679. The second-order valence-corrected chi connectivity index (χ2v) is 5.24. The van der Waals surface area contributed by atoms with Crippen molar-refractivity contribution in [3.05, 3.63) is 42.1 Å². The van der Waals surface area contributed by atoms with Gasteiger partial charge in [-0.05, 0) is 18.1 Å². The van der Waals surface area contributed by atoms with E-state index < -0.39 is 12.0 Å². The molecule has 1 N–H and O–H groups in total. The number of ether oxygens (including phenoxy) is 1. The number of rotatable bonds is 5. The molecule has 1 aromatic carbocycles. The Balaban J connectivity index is 2.31. The molecule has 5 nitrogen and oxygen atoms in total. The van der Waals surface area contributed by atoms with E-state index in [9.17, 15) is 9.59 Å². The third-order valence-corrected chi connectivity index (χ3v) is 3.83. The average molecular weight is 300 g/mol. The van der Waals surface area contributed by atoms with Crippen molar-refractivity contribution in [2.75, 3.05) is 7.11 Å². The van der Waals surface area contributed by atoms with Gasteiger partial charge in [0.25, 0.3) is 5.91 Å². The third kappa shape index (κ3) is 3.24. The average Bonchev–Trinajstić information content (AvgIpc) is 2.57.